The molecule has 1 saturated heterocycles. The molecule has 28 heavy (non-hydrogen) atoms. The fourth-order valence-electron chi connectivity index (χ4n) is 4.53. The van der Waals surface area contributed by atoms with Gasteiger partial charge in [0.05, 0.1) is 13.2 Å². The molecule has 3 aliphatic rings. The Morgan fingerprint density at radius 3 is 2.75 bits per heavy atom. The zero-order valence-corrected chi connectivity index (χ0v) is 15.8. The Hall–Kier alpha value is -2.64. The molecule has 1 aromatic heterocycles. The lowest BCUT2D eigenvalue weighted by molar-refractivity contribution is 0.0664. The number of methoxy groups -OCH3 is 1. The minimum absolute atomic E-state index is 0.0138. The average Bonchev–Trinajstić information content (AvgIpc) is 3.37. The van der Waals surface area contributed by atoms with Crippen molar-refractivity contribution in [3.8, 4) is 5.75 Å². The van der Waals surface area contributed by atoms with Crippen LogP contribution in [0.4, 0.5) is 4.39 Å². The first-order valence-corrected chi connectivity index (χ1v) is 9.88. The molecule has 2 aliphatic heterocycles. The van der Waals surface area contributed by atoms with Crippen molar-refractivity contribution >= 4 is 5.91 Å². The van der Waals surface area contributed by atoms with Crippen molar-refractivity contribution in [2.24, 2.45) is 5.92 Å². The number of benzene rings is 1. The SMILES string of the molecule is COc1ccc(C(=O)N2[C@@H]3CC[C@H]2Cc2nn(CC4CC4)c(=O)n2C3)cc1F. The minimum atomic E-state index is -0.550. The number of aromatic nitrogens is 3. The number of amides is 1. The summed E-state index contributed by atoms with van der Waals surface area (Å²) in [5.41, 5.74) is 0.234. The quantitative estimate of drug-likeness (QED) is 0.804. The number of carbonyl (C=O) groups is 1. The molecule has 1 aromatic carbocycles. The third-order valence-electron chi connectivity index (χ3n) is 6.19. The van der Waals surface area contributed by atoms with Gasteiger partial charge in [-0.3, -0.25) is 9.36 Å². The lowest BCUT2D eigenvalue weighted by Gasteiger charge is -2.28. The monoisotopic (exact) mass is 386 g/mol. The highest BCUT2D eigenvalue weighted by molar-refractivity contribution is 5.95. The zero-order valence-electron chi connectivity index (χ0n) is 15.8. The molecule has 2 atom stereocenters. The van der Waals surface area contributed by atoms with Gasteiger partial charge >= 0.3 is 5.69 Å². The summed E-state index contributed by atoms with van der Waals surface area (Å²) in [6.45, 7) is 1.15. The molecule has 1 aliphatic carbocycles. The molecule has 0 radical (unpaired) electrons. The lowest BCUT2D eigenvalue weighted by atomic mass is 10.1. The number of fused-ring (bicyclic) bond motifs is 3. The maximum Gasteiger partial charge on any atom is 0.345 e. The number of halogens is 1. The van der Waals surface area contributed by atoms with Gasteiger partial charge in [0.2, 0.25) is 0 Å². The molecule has 2 aromatic rings. The Labute approximate surface area is 161 Å². The number of hydrogen-bond acceptors (Lipinski definition) is 4. The van der Waals surface area contributed by atoms with E-state index in [9.17, 15) is 14.0 Å². The van der Waals surface area contributed by atoms with Gasteiger partial charge in [0.1, 0.15) is 5.82 Å². The third-order valence-corrected chi connectivity index (χ3v) is 6.19. The van der Waals surface area contributed by atoms with E-state index in [-0.39, 0.29) is 29.4 Å². The van der Waals surface area contributed by atoms with E-state index in [4.69, 9.17) is 4.74 Å². The smallest absolute Gasteiger partial charge is 0.345 e. The van der Waals surface area contributed by atoms with Crippen molar-refractivity contribution in [2.75, 3.05) is 7.11 Å². The van der Waals surface area contributed by atoms with Crippen molar-refractivity contribution in [3.05, 3.63) is 45.9 Å². The van der Waals surface area contributed by atoms with Gasteiger partial charge in [-0.15, -0.1) is 0 Å². The van der Waals surface area contributed by atoms with Crippen LogP contribution in [0.15, 0.2) is 23.0 Å². The molecule has 148 valence electrons. The molecule has 3 heterocycles. The molecule has 8 heteroatoms. The standard InChI is InChI=1S/C20H23FN4O3/c1-28-17-7-4-13(8-16(17)21)19(26)25-14-5-6-15(25)11-23-18(9-14)22-24(20(23)27)10-12-2-3-12/h4,7-8,12,14-15H,2-3,5-6,9-11H2,1H3/t14-,15+/m0/s1. The van der Waals surface area contributed by atoms with E-state index in [0.717, 1.165) is 18.7 Å². The van der Waals surface area contributed by atoms with Crippen LogP contribution in [0.3, 0.4) is 0 Å². The summed E-state index contributed by atoms with van der Waals surface area (Å²) in [5.74, 6) is 0.712. The second kappa shape index (κ2) is 6.46. The van der Waals surface area contributed by atoms with Crippen LogP contribution < -0.4 is 10.4 Å². The van der Waals surface area contributed by atoms with Crippen LogP contribution in [-0.4, -0.2) is 44.3 Å². The summed E-state index contributed by atoms with van der Waals surface area (Å²) in [6, 6.07) is 4.21. The van der Waals surface area contributed by atoms with Crippen LogP contribution in [0.2, 0.25) is 0 Å². The van der Waals surface area contributed by atoms with E-state index in [2.05, 4.69) is 5.10 Å². The third kappa shape index (κ3) is 2.82. The van der Waals surface area contributed by atoms with Crippen LogP contribution in [0.5, 0.6) is 5.75 Å². The van der Waals surface area contributed by atoms with Crippen LogP contribution in [-0.2, 0) is 19.5 Å². The average molecular weight is 386 g/mol. The zero-order chi connectivity index (χ0) is 19.4. The van der Waals surface area contributed by atoms with Gasteiger partial charge < -0.3 is 9.64 Å². The van der Waals surface area contributed by atoms with Gasteiger partial charge in [0, 0.05) is 31.1 Å². The van der Waals surface area contributed by atoms with Gasteiger partial charge in [0.15, 0.2) is 11.6 Å². The van der Waals surface area contributed by atoms with Crippen molar-refractivity contribution in [3.63, 3.8) is 0 Å². The highest BCUT2D eigenvalue weighted by atomic mass is 19.1. The Morgan fingerprint density at radius 1 is 1.25 bits per heavy atom. The molecule has 0 unspecified atom stereocenters. The fraction of sp³-hybridized carbons (Fsp3) is 0.550. The van der Waals surface area contributed by atoms with E-state index in [1.165, 1.54) is 32.1 Å². The highest BCUT2D eigenvalue weighted by Crippen LogP contribution is 2.33. The predicted molar refractivity (Wildman–Crippen MR) is 98.8 cm³/mol. The van der Waals surface area contributed by atoms with Crippen molar-refractivity contribution in [1.29, 1.82) is 0 Å². The number of nitrogens with zero attached hydrogens (tertiary/aromatic N) is 4. The summed E-state index contributed by atoms with van der Waals surface area (Å²) in [5, 5.41) is 4.57. The van der Waals surface area contributed by atoms with Gasteiger partial charge in [-0.05, 0) is 49.8 Å². The summed E-state index contributed by atoms with van der Waals surface area (Å²) < 4.78 is 22.4. The van der Waals surface area contributed by atoms with E-state index < -0.39 is 5.82 Å². The van der Waals surface area contributed by atoms with E-state index in [1.807, 2.05) is 4.90 Å². The second-order valence-corrected chi connectivity index (χ2v) is 8.09. The first-order chi connectivity index (χ1) is 13.5. The summed E-state index contributed by atoms with van der Waals surface area (Å²) in [4.78, 5) is 27.7. The number of carbonyl (C=O) groups excluding carboxylic acids is 1. The highest BCUT2D eigenvalue weighted by Gasteiger charge is 2.42. The van der Waals surface area contributed by atoms with Crippen molar-refractivity contribution < 1.29 is 13.9 Å². The Kier molecular flexibility index (Phi) is 4.03. The maximum atomic E-state index is 14.1. The van der Waals surface area contributed by atoms with Gasteiger partial charge in [0.25, 0.3) is 5.91 Å². The Bertz CT molecular complexity index is 994. The normalized spacial score (nSPS) is 23.4. The van der Waals surface area contributed by atoms with Gasteiger partial charge in [-0.25, -0.2) is 13.9 Å². The molecule has 1 saturated carbocycles. The molecule has 2 fully saturated rings. The van der Waals surface area contributed by atoms with Crippen molar-refractivity contribution in [1.82, 2.24) is 19.2 Å². The van der Waals surface area contributed by atoms with E-state index >= 15 is 0 Å². The van der Waals surface area contributed by atoms with E-state index in [0.29, 0.717) is 31.0 Å². The molecule has 1 amide bonds. The van der Waals surface area contributed by atoms with E-state index in [1.54, 1.807) is 15.3 Å². The molecular formula is C20H23FN4O3. The largest absolute Gasteiger partial charge is 0.494 e. The maximum absolute atomic E-state index is 14.1. The van der Waals surface area contributed by atoms with Crippen LogP contribution >= 0.6 is 0 Å². The molecule has 2 bridgehead atoms. The second-order valence-electron chi connectivity index (χ2n) is 8.09. The molecule has 5 rings (SSSR count). The Balaban J connectivity index is 1.42. The summed E-state index contributed by atoms with van der Waals surface area (Å²) in [7, 11) is 1.40. The molecule has 0 N–H and O–H groups in total. The first-order valence-electron chi connectivity index (χ1n) is 9.88. The number of hydrogen-bond donors (Lipinski definition) is 0. The van der Waals surface area contributed by atoms with Crippen LogP contribution in [0.25, 0.3) is 0 Å². The van der Waals surface area contributed by atoms with Crippen LogP contribution in [0, 0.1) is 11.7 Å². The number of rotatable bonds is 4. The Morgan fingerprint density at radius 2 is 2.04 bits per heavy atom. The fourth-order valence-corrected chi connectivity index (χ4v) is 4.53. The minimum Gasteiger partial charge on any atom is -0.494 e. The van der Waals surface area contributed by atoms with Gasteiger partial charge in [-0.2, -0.15) is 5.10 Å². The lowest BCUT2D eigenvalue weighted by Crippen LogP contribution is -2.43. The molecular weight excluding hydrogens is 363 g/mol. The molecule has 0 spiro atoms. The topological polar surface area (TPSA) is 69.4 Å². The number of ether oxygens (including phenoxy) is 1. The van der Waals surface area contributed by atoms with Crippen molar-refractivity contribution in [2.45, 2.75) is 57.3 Å². The van der Waals surface area contributed by atoms with Gasteiger partial charge in [-0.1, -0.05) is 0 Å². The first kappa shape index (κ1) is 17.5. The summed E-state index contributed by atoms with van der Waals surface area (Å²) >= 11 is 0. The summed E-state index contributed by atoms with van der Waals surface area (Å²) in [6.07, 6.45) is 4.61. The van der Waals surface area contributed by atoms with Crippen LogP contribution in [0.1, 0.15) is 41.9 Å². The predicted octanol–water partition coefficient (Wildman–Crippen LogP) is 1.83. The molecule has 7 nitrogen and oxygen atoms in total.